The minimum absolute atomic E-state index is 0.333. The molecule has 0 aliphatic carbocycles. The van der Waals surface area contributed by atoms with Crippen molar-refractivity contribution in [2.45, 2.75) is 6.92 Å². The molecule has 0 atom stereocenters. The topological polar surface area (TPSA) is 97.6 Å². The van der Waals surface area contributed by atoms with Crippen LogP contribution in [0.4, 0.5) is 0 Å². The monoisotopic (exact) mass is 263 g/mol. The number of nitrogens with one attached hydrogen (secondary N) is 1. The van der Waals surface area contributed by atoms with Gasteiger partial charge in [0.1, 0.15) is 0 Å². The number of aromatic amines is 1. The number of aromatic nitrogens is 4. The van der Waals surface area contributed by atoms with Gasteiger partial charge in [0.25, 0.3) is 0 Å². The van der Waals surface area contributed by atoms with Crippen LogP contribution >= 0.6 is 11.3 Å². The number of hydrogen-bond acceptors (Lipinski definition) is 5. The van der Waals surface area contributed by atoms with E-state index in [1.165, 1.54) is 17.1 Å². The predicted octanol–water partition coefficient (Wildman–Crippen LogP) is 1.59. The summed E-state index contributed by atoms with van der Waals surface area (Å²) < 4.78 is 1.34. The lowest BCUT2D eigenvalue weighted by atomic mass is 10.5. The van der Waals surface area contributed by atoms with Crippen molar-refractivity contribution in [3.63, 3.8) is 0 Å². The lowest BCUT2D eigenvalue weighted by molar-refractivity contribution is -0.115. The fourth-order valence-electron chi connectivity index (χ4n) is 0.981. The van der Waals surface area contributed by atoms with Crippen molar-refractivity contribution in [3.8, 4) is 0 Å². The number of nitrogens with zero attached hydrogens (tertiary/aromatic N) is 3. The molecule has 3 aromatic heterocycles. The molecule has 0 saturated carbocycles. The second kappa shape index (κ2) is 7.91. The van der Waals surface area contributed by atoms with Crippen LogP contribution in [0.3, 0.4) is 0 Å². The van der Waals surface area contributed by atoms with Crippen LogP contribution in [0.25, 0.3) is 10.2 Å². The van der Waals surface area contributed by atoms with Crippen LogP contribution in [0.2, 0.25) is 0 Å². The molecule has 0 unspecified atom stereocenters. The molecule has 0 aliphatic rings. The normalized spacial score (nSPS) is 8.72. The van der Waals surface area contributed by atoms with Crippen molar-refractivity contribution in [2.24, 2.45) is 5.73 Å². The third-order valence-electron chi connectivity index (χ3n) is 1.58. The summed E-state index contributed by atoms with van der Waals surface area (Å²) in [4.78, 5) is 12.3. The highest BCUT2D eigenvalue weighted by Crippen LogP contribution is 2.17. The summed E-state index contributed by atoms with van der Waals surface area (Å²) in [5, 5.41) is 12.2. The molecule has 6 nitrogen and oxygen atoms in total. The summed E-state index contributed by atoms with van der Waals surface area (Å²) in [6.07, 6.45) is 5.11. The van der Waals surface area contributed by atoms with Crippen molar-refractivity contribution >= 4 is 27.5 Å². The Labute approximate surface area is 108 Å². The summed E-state index contributed by atoms with van der Waals surface area (Å²) in [6, 6.07) is 5.88. The molecule has 18 heavy (non-hydrogen) atoms. The molecule has 1 amide bonds. The van der Waals surface area contributed by atoms with Gasteiger partial charge < -0.3 is 10.7 Å². The first-order valence-corrected chi connectivity index (χ1v) is 5.93. The highest BCUT2D eigenvalue weighted by atomic mass is 32.1. The van der Waals surface area contributed by atoms with E-state index in [4.69, 9.17) is 0 Å². The molecular weight excluding hydrogens is 250 g/mol. The van der Waals surface area contributed by atoms with E-state index < -0.39 is 0 Å². The standard InChI is InChI=1S/C6H5NS.C3H3N3.C2H5NO/c1-3-7-5-2-4-8-6(1)5;1-2-4-6-5-3-1;1-2(3)4/h1-4,7H;1-3H;1H3,(H2,3,4). The van der Waals surface area contributed by atoms with Crippen molar-refractivity contribution in [1.82, 2.24) is 20.4 Å². The second-order valence-electron chi connectivity index (χ2n) is 3.10. The minimum atomic E-state index is -0.333. The van der Waals surface area contributed by atoms with Gasteiger partial charge in [-0.05, 0) is 28.8 Å². The van der Waals surface area contributed by atoms with Crippen LogP contribution in [-0.4, -0.2) is 26.3 Å². The number of nitrogens with two attached hydrogens (primary N) is 1. The van der Waals surface area contributed by atoms with E-state index in [-0.39, 0.29) is 5.91 Å². The molecule has 94 valence electrons. The van der Waals surface area contributed by atoms with E-state index in [1.807, 2.05) is 6.20 Å². The summed E-state index contributed by atoms with van der Waals surface area (Å²) in [5.41, 5.74) is 5.72. The van der Waals surface area contributed by atoms with Gasteiger partial charge in [-0.25, -0.2) is 0 Å². The molecular formula is C11H13N5OS. The predicted molar refractivity (Wildman–Crippen MR) is 70.9 cm³/mol. The number of carbonyl (C=O) groups is 1. The van der Waals surface area contributed by atoms with Crippen molar-refractivity contribution < 1.29 is 4.79 Å². The SMILES string of the molecule is CC(N)=O.c1cc2sccc2[nH]1.c1cnnnc1. The number of H-pyrrole nitrogens is 1. The largest absolute Gasteiger partial charge is 0.370 e. The van der Waals surface area contributed by atoms with Gasteiger partial charge in [-0.2, -0.15) is 0 Å². The first-order chi connectivity index (χ1) is 8.70. The fraction of sp³-hybridized carbons (Fsp3) is 0.0909. The summed E-state index contributed by atoms with van der Waals surface area (Å²) in [6.45, 7) is 1.31. The number of amides is 1. The molecule has 3 heterocycles. The summed E-state index contributed by atoms with van der Waals surface area (Å²) >= 11 is 1.76. The quantitative estimate of drug-likeness (QED) is 0.643. The third-order valence-corrected chi connectivity index (χ3v) is 2.46. The molecule has 3 aromatic rings. The number of thiophene rings is 1. The highest BCUT2D eigenvalue weighted by molar-refractivity contribution is 7.17. The maximum absolute atomic E-state index is 9.22. The average molecular weight is 263 g/mol. The molecule has 7 heteroatoms. The first kappa shape index (κ1) is 13.8. The molecule has 0 aliphatic heterocycles. The van der Waals surface area contributed by atoms with Crippen LogP contribution in [0.1, 0.15) is 6.92 Å². The third kappa shape index (κ3) is 5.71. The van der Waals surface area contributed by atoms with Gasteiger partial charge in [0.05, 0.1) is 22.6 Å². The maximum atomic E-state index is 9.22. The van der Waals surface area contributed by atoms with E-state index >= 15 is 0 Å². The van der Waals surface area contributed by atoms with E-state index in [0.29, 0.717) is 0 Å². The number of rotatable bonds is 0. The Kier molecular flexibility index (Phi) is 6.05. The second-order valence-corrected chi connectivity index (χ2v) is 4.05. The summed E-state index contributed by atoms with van der Waals surface area (Å²) in [7, 11) is 0. The van der Waals surface area contributed by atoms with E-state index in [9.17, 15) is 4.79 Å². The molecule has 0 fully saturated rings. The lowest BCUT2D eigenvalue weighted by Crippen LogP contribution is -2.01. The van der Waals surface area contributed by atoms with Gasteiger partial charge in [0, 0.05) is 13.1 Å². The van der Waals surface area contributed by atoms with Crippen molar-refractivity contribution in [3.05, 3.63) is 42.2 Å². The molecule has 0 radical (unpaired) electrons. The fourth-order valence-corrected chi connectivity index (χ4v) is 1.73. The van der Waals surface area contributed by atoms with Gasteiger partial charge in [0.2, 0.25) is 5.91 Å². The van der Waals surface area contributed by atoms with Crippen LogP contribution in [0.5, 0.6) is 0 Å². The molecule has 0 aromatic carbocycles. The number of primary amides is 1. The molecule has 3 N–H and O–H groups in total. The smallest absolute Gasteiger partial charge is 0.214 e. The molecule has 0 bridgehead atoms. The Morgan fingerprint density at radius 2 is 2.00 bits per heavy atom. The van der Waals surface area contributed by atoms with Gasteiger partial charge >= 0.3 is 0 Å². The Balaban J connectivity index is 0.000000145. The van der Waals surface area contributed by atoms with Crippen LogP contribution < -0.4 is 5.73 Å². The zero-order valence-electron chi connectivity index (χ0n) is 9.78. The van der Waals surface area contributed by atoms with Gasteiger partial charge in [-0.15, -0.1) is 21.5 Å². The maximum Gasteiger partial charge on any atom is 0.214 e. The van der Waals surface area contributed by atoms with Gasteiger partial charge in [-0.3, -0.25) is 4.79 Å². The van der Waals surface area contributed by atoms with Crippen LogP contribution in [-0.2, 0) is 4.79 Å². The minimum Gasteiger partial charge on any atom is -0.370 e. The molecule has 3 rings (SSSR count). The van der Waals surface area contributed by atoms with E-state index in [1.54, 1.807) is 29.8 Å². The van der Waals surface area contributed by atoms with Crippen LogP contribution in [0, 0.1) is 0 Å². The molecule has 0 spiro atoms. The highest BCUT2D eigenvalue weighted by Gasteiger charge is 1.89. The zero-order chi connectivity index (χ0) is 13.2. The average Bonchev–Trinajstić information content (AvgIpc) is 2.93. The van der Waals surface area contributed by atoms with Gasteiger partial charge in [-0.1, -0.05) is 0 Å². The van der Waals surface area contributed by atoms with E-state index in [0.717, 1.165) is 0 Å². The van der Waals surface area contributed by atoms with Crippen LogP contribution in [0.15, 0.2) is 42.2 Å². The molecule has 0 saturated heterocycles. The van der Waals surface area contributed by atoms with Crippen molar-refractivity contribution in [1.29, 1.82) is 0 Å². The zero-order valence-corrected chi connectivity index (χ0v) is 10.6. The van der Waals surface area contributed by atoms with E-state index in [2.05, 4.69) is 43.6 Å². The lowest BCUT2D eigenvalue weighted by Gasteiger charge is -1.68. The van der Waals surface area contributed by atoms with Crippen molar-refractivity contribution in [2.75, 3.05) is 0 Å². The Bertz CT molecular complexity index is 481. The van der Waals surface area contributed by atoms with Gasteiger partial charge in [0.15, 0.2) is 0 Å². The first-order valence-electron chi connectivity index (χ1n) is 5.05. The Hall–Kier alpha value is -2.28. The Morgan fingerprint density at radius 1 is 1.33 bits per heavy atom. The number of carbonyl (C=O) groups excluding carboxylic acids is 1. The number of fused-ring (bicyclic) bond motifs is 1. The Morgan fingerprint density at radius 3 is 2.44 bits per heavy atom. The summed E-state index contributed by atoms with van der Waals surface area (Å²) in [5.74, 6) is -0.333. The number of hydrogen-bond donors (Lipinski definition) is 2.